The van der Waals surface area contributed by atoms with E-state index in [0.29, 0.717) is 18.0 Å². The number of para-hydroxylation sites is 1. The molecule has 1 heterocycles. The van der Waals surface area contributed by atoms with Gasteiger partial charge in [0, 0.05) is 31.3 Å². The molecule has 0 atom stereocenters. The van der Waals surface area contributed by atoms with E-state index in [0.717, 1.165) is 37.6 Å². The van der Waals surface area contributed by atoms with Crippen molar-refractivity contribution in [3.8, 4) is 11.5 Å². The molecule has 1 aromatic heterocycles. The van der Waals surface area contributed by atoms with E-state index in [4.69, 9.17) is 14.6 Å². The topological polar surface area (TPSA) is 80.0 Å². The van der Waals surface area contributed by atoms with Crippen LogP contribution in [0.25, 0.3) is 10.9 Å². The Kier molecular flexibility index (Phi) is 11.2. The smallest absolute Gasteiger partial charge is 0.191 e. The van der Waals surface area contributed by atoms with Crippen LogP contribution in [-0.4, -0.2) is 49.0 Å². The summed E-state index contributed by atoms with van der Waals surface area (Å²) in [7, 11) is 1.60. The molecule has 0 aliphatic heterocycles. The third-order valence-electron chi connectivity index (χ3n) is 4.89. The molecule has 32 heavy (non-hydrogen) atoms. The van der Waals surface area contributed by atoms with Crippen LogP contribution in [0.15, 0.2) is 59.7 Å². The number of aliphatic imine (C=N–C) groups is 1. The van der Waals surface area contributed by atoms with Gasteiger partial charge in [-0.15, -0.1) is 24.0 Å². The van der Waals surface area contributed by atoms with Gasteiger partial charge in [0.05, 0.1) is 20.3 Å². The first-order valence-corrected chi connectivity index (χ1v) is 10.7. The zero-order valence-electron chi connectivity index (χ0n) is 18.7. The monoisotopic (exact) mass is 552 g/mol. The molecule has 174 valence electrons. The average molecular weight is 552 g/mol. The largest absolute Gasteiger partial charge is 0.493 e. The molecular formula is C24H33IN4O3. The predicted octanol–water partition coefficient (Wildman–Crippen LogP) is 3.78. The summed E-state index contributed by atoms with van der Waals surface area (Å²) in [5, 5.41) is 16.9. The quantitative estimate of drug-likeness (QED) is 0.146. The number of methoxy groups -OCH3 is 1. The minimum absolute atomic E-state index is 0. The van der Waals surface area contributed by atoms with Crippen LogP contribution >= 0.6 is 24.0 Å². The molecule has 0 saturated carbocycles. The van der Waals surface area contributed by atoms with Crippen molar-refractivity contribution in [3.05, 3.63) is 60.3 Å². The third kappa shape index (κ3) is 7.30. The van der Waals surface area contributed by atoms with Gasteiger partial charge in [0.1, 0.15) is 6.61 Å². The van der Waals surface area contributed by atoms with E-state index in [2.05, 4.69) is 63.6 Å². The number of benzene rings is 2. The van der Waals surface area contributed by atoms with Gasteiger partial charge >= 0.3 is 0 Å². The second-order valence-electron chi connectivity index (χ2n) is 7.10. The van der Waals surface area contributed by atoms with Crippen molar-refractivity contribution in [2.75, 3.05) is 33.4 Å². The summed E-state index contributed by atoms with van der Waals surface area (Å²) in [6.45, 7) is 5.36. The standard InChI is InChI=1S/C24H32N4O3.HI/c1-3-25-24(26-12-6-13-28-14-11-20-7-4-5-8-21(20)28)27-18-19-9-10-22(31-16-15-29)23(17-19)30-2;/h4-5,7-11,14,17,29H,3,6,12-13,15-16,18H2,1-2H3,(H2,25,26,27);1H. The van der Waals surface area contributed by atoms with E-state index in [9.17, 15) is 0 Å². The molecule has 3 aromatic rings. The lowest BCUT2D eigenvalue weighted by Crippen LogP contribution is -2.38. The van der Waals surface area contributed by atoms with Gasteiger partial charge in [-0.1, -0.05) is 24.3 Å². The maximum absolute atomic E-state index is 8.93. The number of hydrogen-bond acceptors (Lipinski definition) is 4. The molecule has 0 amide bonds. The van der Waals surface area contributed by atoms with Gasteiger partial charge in [0.15, 0.2) is 17.5 Å². The van der Waals surface area contributed by atoms with Gasteiger partial charge in [-0.3, -0.25) is 0 Å². The lowest BCUT2D eigenvalue weighted by molar-refractivity contribution is 0.196. The van der Waals surface area contributed by atoms with Crippen molar-refractivity contribution in [1.29, 1.82) is 0 Å². The van der Waals surface area contributed by atoms with Gasteiger partial charge in [0.25, 0.3) is 0 Å². The lowest BCUT2D eigenvalue weighted by Gasteiger charge is -2.13. The molecule has 0 aliphatic carbocycles. The molecule has 0 bridgehead atoms. The number of nitrogens with zero attached hydrogens (tertiary/aromatic N) is 2. The van der Waals surface area contributed by atoms with E-state index in [1.165, 1.54) is 10.9 Å². The van der Waals surface area contributed by atoms with Gasteiger partial charge in [-0.25, -0.2) is 4.99 Å². The first-order valence-electron chi connectivity index (χ1n) is 10.7. The van der Waals surface area contributed by atoms with Crippen LogP contribution in [0, 0.1) is 0 Å². The van der Waals surface area contributed by atoms with Gasteiger partial charge < -0.3 is 29.8 Å². The number of hydrogen-bond donors (Lipinski definition) is 3. The van der Waals surface area contributed by atoms with Crippen molar-refractivity contribution in [1.82, 2.24) is 15.2 Å². The zero-order valence-corrected chi connectivity index (χ0v) is 21.0. The second-order valence-corrected chi connectivity index (χ2v) is 7.10. The van der Waals surface area contributed by atoms with Crippen LogP contribution in [0.4, 0.5) is 0 Å². The fourth-order valence-corrected chi connectivity index (χ4v) is 3.39. The number of nitrogens with one attached hydrogen (secondary N) is 2. The maximum Gasteiger partial charge on any atom is 0.191 e. The first-order chi connectivity index (χ1) is 15.2. The third-order valence-corrected chi connectivity index (χ3v) is 4.89. The summed E-state index contributed by atoms with van der Waals surface area (Å²) in [6, 6.07) is 16.3. The van der Waals surface area contributed by atoms with Crippen molar-refractivity contribution >= 4 is 40.8 Å². The molecule has 0 spiro atoms. The van der Waals surface area contributed by atoms with Gasteiger partial charge in [0.2, 0.25) is 0 Å². The molecule has 0 saturated heterocycles. The van der Waals surface area contributed by atoms with Crippen molar-refractivity contribution in [3.63, 3.8) is 0 Å². The van der Waals surface area contributed by atoms with Gasteiger partial charge in [-0.05, 0) is 48.6 Å². The van der Waals surface area contributed by atoms with Crippen LogP contribution in [0.5, 0.6) is 11.5 Å². The number of aliphatic hydroxyl groups is 1. The molecule has 3 N–H and O–H groups in total. The molecule has 0 aliphatic rings. The SMILES string of the molecule is CCNC(=NCc1ccc(OCCO)c(OC)c1)NCCCn1ccc2ccccc21.I. The summed E-state index contributed by atoms with van der Waals surface area (Å²) in [4.78, 5) is 4.69. The number of aryl methyl sites for hydroxylation is 1. The Balaban J connectivity index is 0.00000363. The summed E-state index contributed by atoms with van der Waals surface area (Å²) in [6.07, 6.45) is 3.14. The molecular weight excluding hydrogens is 519 g/mol. The highest BCUT2D eigenvalue weighted by molar-refractivity contribution is 14.0. The van der Waals surface area contributed by atoms with Gasteiger partial charge in [-0.2, -0.15) is 0 Å². The Hall–Kier alpha value is -2.46. The number of aliphatic hydroxyl groups excluding tert-OH is 1. The number of ether oxygens (including phenoxy) is 2. The summed E-state index contributed by atoms with van der Waals surface area (Å²) >= 11 is 0. The Bertz CT molecular complexity index is 990. The second kappa shape index (κ2) is 13.8. The zero-order chi connectivity index (χ0) is 21.9. The molecule has 7 nitrogen and oxygen atoms in total. The van der Waals surface area contributed by atoms with E-state index < -0.39 is 0 Å². The predicted molar refractivity (Wildman–Crippen MR) is 140 cm³/mol. The number of aromatic nitrogens is 1. The first kappa shape index (κ1) is 25.8. The summed E-state index contributed by atoms with van der Waals surface area (Å²) in [5.41, 5.74) is 2.28. The summed E-state index contributed by atoms with van der Waals surface area (Å²) < 4.78 is 13.2. The maximum atomic E-state index is 8.93. The highest BCUT2D eigenvalue weighted by Crippen LogP contribution is 2.28. The van der Waals surface area contributed by atoms with E-state index in [1.807, 2.05) is 18.2 Å². The molecule has 0 radical (unpaired) electrons. The number of rotatable bonds is 11. The number of fused-ring (bicyclic) bond motifs is 1. The van der Waals surface area contributed by atoms with Crippen LogP contribution in [-0.2, 0) is 13.1 Å². The van der Waals surface area contributed by atoms with Crippen molar-refractivity contribution in [2.45, 2.75) is 26.4 Å². The molecule has 0 fully saturated rings. The molecule has 0 unspecified atom stereocenters. The minimum atomic E-state index is -0.0343. The fourth-order valence-electron chi connectivity index (χ4n) is 3.39. The molecule has 3 rings (SSSR count). The van der Waals surface area contributed by atoms with E-state index >= 15 is 0 Å². The van der Waals surface area contributed by atoms with E-state index in [1.54, 1.807) is 7.11 Å². The van der Waals surface area contributed by atoms with E-state index in [-0.39, 0.29) is 37.2 Å². The Labute approximate surface area is 206 Å². The van der Waals surface area contributed by atoms with Crippen LogP contribution in [0.2, 0.25) is 0 Å². The van der Waals surface area contributed by atoms with Crippen LogP contribution < -0.4 is 20.1 Å². The Morgan fingerprint density at radius 3 is 2.72 bits per heavy atom. The molecule has 2 aromatic carbocycles. The van der Waals surface area contributed by atoms with Crippen LogP contribution in [0.3, 0.4) is 0 Å². The number of guanidine groups is 1. The Morgan fingerprint density at radius 2 is 1.94 bits per heavy atom. The van der Waals surface area contributed by atoms with Crippen LogP contribution in [0.1, 0.15) is 18.9 Å². The minimum Gasteiger partial charge on any atom is -0.493 e. The number of halogens is 1. The summed E-state index contributed by atoms with van der Waals surface area (Å²) in [5.74, 6) is 2.05. The lowest BCUT2D eigenvalue weighted by atomic mass is 10.2. The van der Waals surface area contributed by atoms with Crippen molar-refractivity contribution < 1.29 is 14.6 Å². The average Bonchev–Trinajstić information content (AvgIpc) is 3.22. The van der Waals surface area contributed by atoms with Crippen molar-refractivity contribution in [2.24, 2.45) is 4.99 Å². The molecule has 8 heteroatoms. The fraction of sp³-hybridized carbons (Fsp3) is 0.375. The highest BCUT2D eigenvalue weighted by Gasteiger charge is 2.06. The Morgan fingerprint density at radius 1 is 1.09 bits per heavy atom. The normalized spacial score (nSPS) is 11.2. The highest BCUT2D eigenvalue weighted by atomic mass is 127.